The van der Waals surface area contributed by atoms with Crippen molar-refractivity contribution in [1.29, 1.82) is 0 Å². The lowest BCUT2D eigenvalue weighted by Crippen LogP contribution is -2.30. The van der Waals surface area contributed by atoms with Crippen LogP contribution in [0, 0.1) is 5.92 Å². The van der Waals surface area contributed by atoms with E-state index in [1.165, 1.54) is 19.3 Å². The fourth-order valence-corrected chi connectivity index (χ4v) is 2.04. The number of nitrogens with one attached hydrogen (secondary N) is 1. The molecule has 1 unspecified atom stereocenters. The van der Waals surface area contributed by atoms with Crippen LogP contribution in [0.5, 0.6) is 0 Å². The van der Waals surface area contributed by atoms with Gasteiger partial charge in [-0.05, 0) is 32.1 Å². The minimum absolute atomic E-state index is 0.0645. The summed E-state index contributed by atoms with van der Waals surface area (Å²) < 4.78 is 0. The zero-order valence-electron chi connectivity index (χ0n) is 12.0. The average molecular weight is 273 g/mol. The van der Waals surface area contributed by atoms with Gasteiger partial charge in [-0.15, -0.1) is 0 Å². The molecule has 0 heterocycles. The first-order valence-corrected chi connectivity index (χ1v) is 7.12. The lowest BCUT2D eigenvalue weighted by Gasteiger charge is -2.18. The van der Waals surface area contributed by atoms with Crippen LogP contribution >= 0.6 is 0 Å². The predicted octanol–water partition coefficient (Wildman–Crippen LogP) is 2.50. The van der Waals surface area contributed by atoms with Gasteiger partial charge < -0.3 is 15.5 Å². The van der Waals surface area contributed by atoms with Gasteiger partial charge in [0.15, 0.2) is 0 Å². The SMILES string of the molecule is CCC(C)NCC(=O)O.O=C(O)CC1CCCCC1. The highest BCUT2D eigenvalue weighted by Crippen LogP contribution is 2.25. The van der Waals surface area contributed by atoms with Crippen molar-refractivity contribution in [2.45, 2.75) is 64.8 Å². The van der Waals surface area contributed by atoms with Crippen molar-refractivity contribution in [3.8, 4) is 0 Å². The Morgan fingerprint density at radius 1 is 1.16 bits per heavy atom. The molecule has 0 aliphatic heterocycles. The number of aliphatic carboxylic acids is 2. The van der Waals surface area contributed by atoms with Crippen molar-refractivity contribution >= 4 is 11.9 Å². The highest BCUT2D eigenvalue weighted by atomic mass is 16.4. The second kappa shape index (κ2) is 10.8. The summed E-state index contributed by atoms with van der Waals surface area (Å²) in [4.78, 5) is 20.2. The fourth-order valence-electron chi connectivity index (χ4n) is 2.04. The van der Waals surface area contributed by atoms with Gasteiger partial charge in [0.2, 0.25) is 0 Å². The first kappa shape index (κ1) is 17.9. The second-order valence-electron chi connectivity index (χ2n) is 5.19. The van der Waals surface area contributed by atoms with Gasteiger partial charge in [0.05, 0.1) is 6.54 Å². The van der Waals surface area contributed by atoms with Crippen molar-refractivity contribution in [2.24, 2.45) is 5.92 Å². The number of carbonyl (C=O) groups is 2. The molecule has 3 N–H and O–H groups in total. The van der Waals surface area contributed by atoms with Crippen LogP contribution in [0.4, 0.5) is 0 Å². The van der Waals surface area contributed by atoms with E-state index in [2.05, 4.69) is 5.32 Å². The van der Waals surface area contributed by atoms with E-state index in [9.17, 15) is 9.59 Å². The molecule has 1 saturated carbocycles. The summed E-state index contributed by atoms with van der Waals surface area (Å²) in [5.41, 5.74) is 0. The van der Waals surface area contributed by atoms with E-state index in [1.54, 1.807) is 0 Å². The Morgan fingerprint density at radius 2 is 1.74 bits per heavy atom. The molecule has 1 aliphatic rings. The number of carboxylic acid groups (broad SMARTS) is 2. The summed E-state index contributed by atoms with van der Waals surface area (Å²) in [5, 5.41) is 19.5. The van der Waals surface area contributed by atoms with Crippen LogP contribution in [0.3, 0.4) is 0 Å². The van der Waals surface area contributed by atoms with Crippen LogP contribution in [0.2, 0.25) is 0 Å². The standard InChI is InChI=1S/C8H14O2.C6H13NO2/c9-8(10)6-7-4-2-1-3-5-7;1-3-5(2)7-4-6(8)9/h7H,1-6H2,(H,9,10);5,7H,3-4H2,1-2H3,(H,8,9). The molecule has 0 amide bonds. The van der Waals surface area contributed by atoms with E-state index in [0.29, 0.717) is 18.4 Å². The highest BCUT2D eigenvalue weighted by molar-refractivity contribution is 5.69. The molecule has 0 radical (unpaired) electrons. The molecule has 1 atom stereocenters. The molecule has 112 valence electrons. The summed E-state index contributed by atoms with van der Waals surface area (Å²) in [7, 11) is 0. The Balaban J connectivity index is 0.000000344. The molecule has 0 spiro atoms. The third-order valence-electron chi connectivity index (χ3n) is 3.40. The average Bonchev–Trinajstić information content (AvgIpc) is 2.37. The van der Waals surface area contributed by atoms with Gasteiger partial charge in [-0.3, -0.25) is 9.59 Å². The molecule has 1 aliphatic carbocycles. The Hall–Kier alpha value is -1.10. The van der Waals surface area contributed by atoms with Crippen LogP contribution in [0.15, 0.2) is 0 Å². The molecule has 19 heavy (non-hydrogen) atoms. The molecule has 5 nitrogen and oxygen atoms in total. The molecule has 0 aromatic carbocycles. The van der Waals surface area contributed by atoms with Gasteiger partial charge in [-0.1, -0.05) is 26.2 Å². The van der Waals surface area contributed by atoms with Crippen LogP contribution in [-0.4, -0.2) is 34.7 Å². The third-order valence-corrected chi connectivity index (χ3v) is 3.40. The van der Waals surface area contributed by atoms with Gasteiger partial charge in [0.1, 0.15) is 0 Å². The van der Waals surface area contributed by atoms with Crippen LogP contribution < -0.4 is 5.32 Å². The quantitative estimate of drug-likeness (QED) is 0.692. The summed E-state index contributed by atoms with van der Waals surface area (Å²) in [5.74, 6) is -0.951. The molecular formula is C14H27NO4. The van der Waals surface area contributed by atoms with E-state index < -0.39 is 11.9 Å². The van der Waals surface area contributed by atoms with Crippen molar-refractivity contribution in [1.82, 2.24) is 5.32 Å². The maximum atomic E-state index is 10.3. The molecule has 0 aromatic heterocycles. The van der Waals surface area contributed by atoms with Gasteiger partial charge in [-0.2, -0.15) is 0 Å². The molecule has 1 fully saturated rings. The summed E-state index contributed by atoms with van der Waals surface area (Å²) in [6, 6.07) is 0.307. The monoisotopic (exact) mass is 273 g/mol. The molecule has 0 bridgehead atoms. The fraction of sp³-hybridized carbons (Fsp3) is 0.857. The van der Waals surface area contributed by atoms with E-state index >= 15 is 0 Å². The summed E-state index contributed by atoms with van der Waals surface area (Å²) in [6.07, 6.45) is 7.39. The highest BCUT2D eigenvalue weighted by Gasteiger charge is 2.15. The molecule has 5 heteroatoms. The molecular weight excluding hydrogens is 246 g/mol. The van der Waals surface area contributed by atoms with Gasteiger partial charge in [-0.25, -0.2) is 0 Å². The molecule has 0 saturated heterocycles. The normalized spacial score (nSPS) is 17.2. The Labute approximate surface area is 115 Å². The summed E-state index contributed by atoms with van der Waals surface area (Å²) >= 11 is 0. The van der Waals surface area contributed by atoms with Gasteiger partial charge >= 0.3 is 11.9 Å². The van der Waals surface area contributed by atoms with Gasteiger partial charge in [0.25, 0.3) is 0 Å². The Kier molecular flexibility index (Phi) is 10.2. The van der Waals surface area contributed by atoms with E-state index in [0.717, 1.165) is 19.3 Å². The minimum Gasteiger partial charge on any atom is -0.481 e. The molecule has 1 rings (SSSR count). The van der Waals surface area contributed by atoms with Crippen LogP contribution in [-0.2, 0) is 9.59 Å². The van der Waals surface area contributed by atoms with E-state index in [1.807, 2.05) is 13.8 Å². The van der Waals surface area contributed by atoms with Crippen molar-refractivity contribution in [3.05, 3.63) is 0 Å². The number of carboxylic acids is 2. The number of hydrogen-bond donors (Lipinski definition) is 3. The summed E-state index contributed by atoms with van der Waals surface area (Å²) in [6.45, 7) is 4.04. The zero-order chi connectivity index (χ0) is 14.7. The van der Waals surface area contributed by atoms with Crippen molar-refractivity contribution in [2.75, 3.05) is 6.54 Å². The first-order valence-electron chi connectivity index (χ1n) is 7.12. The number of hydrogen-bond acceptors (Lipinski definition) is 3. The Morgan fingerprint density at radius 3 is 2.16 bits per heavy atom. The second-order valence-corrected chi connectivity index (χ2v) is 5.19. The van der Waals surface area contributed by atoms with Gasteiger partial charge in [0, 0.05) is 12.5 Å². The smallest absolute Gasteiger partial charge is 0.317 e. The first-order chi connectivity index (χ1) is 8.95. The zero-order valence-corrected chi connectivity index (χ0v) is 12.0. The Bertz CT molecular complexity index is 262. The predicted molar refractivity (Wildman–Crippen MR) is 74.2 cm³/mol. The van der Waals surface area contributed by atoms with E-state index in [-0.39, 0.29) is 6.54 Å². The largest absolute Gasteiger partial charge is 0.481 e. The van der Waals surface area contributed by atoms with E-state index in [4.69, 9.17) is 10.2 Å². The lowest BCUT2D eigenvalue weighted by molar-refractivity contribution is -0.138. The topological polar surface area (TPSA) is 86.6 Å². The molecule has 0 aromatic rings. The minimum atomic E-state index is -0.796. The van der Waals surface area contributed by atoms with Crippen molar-refractivity contribution < 1.29 is 19.8 Å². The maximum absolute atomic E-state index is 10.3. The maximum Gasteiger partial charge on any atom is 0.317 e. The third kappa shape index (κ3) is 11.7. The number of rotatable bonds is 6. The lowest BCUT2D eigenvalue weighted by atomic mass is 9.87. The van der Waals surface area contributed by atoms with Crippen LogP contribution in [0.25, 0.3) is 0 Å². The van der Waals surface area contributed by atoms with Crippen LogP contribution in [0.1, 0.15) is 58.8 Å². The van der Waals surface area contributed by atoms with Crippen molar-refractivity contribution in [3.63, 3.8) is 0 Å².